The first kappa shape index (κ1) is 12.6. The number of carbonyl (C=O) groups is 1. The number of nitrogens with two attached hydrogens (primary N) is 1. The van der Waals surface area contributed by atoms with Crippen molar-refractivity contribution in [1.29, 1.82) is 0 Å². The summed E-state index contributed by atoms with van der Waals surface area (Å²) >= 11 is 5.84. The molecule has 0 spiro atoms. The molecule has 0 unspecified atom stereocenters. The summed E-state index contributed by atoms with van der Waals surface area (Å²) in [5.74, 6) is -0.242. The normalized spacial score (nSPS) is 10.6. The predicted octanol–water partition coefficient (Wildman–Crippen LogP) is 2.89. The molecule has 0 bridgehead atoms. The Morgan fingerprint density at radius 1 is 1.50 bits per heavy atom. The maximum absolute atomic E-state index is 11.0. The lowest BCUT2D eigenvalue weighted by molar-refractivity contribution is -0.142. The smallest absolute Gasteiger partial charge is 0.309 e. The molecule has 0 aliphatic rings. The monoisotopic (exact) mass is 239 g/mol. The number of rotatable bonds is 4. The molecular weight excluding hydrogens is 226 g/mol. The molecule has 0 aliphatic carbocycles. The Labute approximate surface area is 99.8 Å². The molecule has 16 heavy (non-hydrogen) atoms. The van der Waals surface area contributed by atoms with Crippen LogP contribution in [0.4, 0.5) is 5.69 Å². The van der Waals surface area contributed by atoms with Crippen LogP contribution in [0, 0.1) is 0 Å². The summed E-state index contributed by atoms with van der Waals surface area (Å²) in [4.78, 5) is 11.0. The van der Waals surface area contributed by atoms with E-state index in [1.807, 2.05) is 0 Å². The first-order valence-corrected chi connectivity index (χ1v) is 5.38. The largest absolute Gasteiger partial charge is 0.466 e. The third-order valence-electron chi connectivity index (χ3n) is 1.84. The van der Waals surface area contributed by atoms with Gasteiger partial charge < -0.3 is 10.5 Å². The fraction of sp³-hybridized carbons (Fsp3) is 0.250. The van der Waals surface area contributed by atoms with Crippen molar-refractivity contribution in [2.45, 2.75) is 13.3 Å². The minimum Gasteiger partial charge on any atom is -0.466 e. The SMILES string of the molecule is CCOC(=O)CC=Cc1cc(N)cc(Cl)c1. The van der Waals surface area contributed by atoms with Crippen molar-refractivity contribution in [1.82, 2.24) is 0 Å². The molecule has 2 N–H and O–H groups in total. The Hall–Kier alpha value is -1.48. The number of anilines is 1. The van der Waals surface area contributed by atoms with E-state index in [1.54, 1.807) is 37.3 Å². The van der Waals surface area contributed by atoms with E-state index in [1.165, 1.54) is 0 Å². The molecule has 0 radical (unpaired) electrons. The Balaban J connectivity index is 2.59. The number of hydrogen-bond acceptors (Lipinski definition) is 3. The zero-order valence-electron chi connectivity index (χ0n) is 9.07. The molecule has 0 aromatic heterocycles. The van der Waals surface area contributed by atoms with Crippen LogP contribution >= 0.6 is 11.6 Å². The second kappa shape index (κ2) is 6.18. The maximum atomic E-state index is 11.0. The Kier molecular flexibility index (Phi) is 4.86. The Bertz CT molecular complexity index is 382. The highest BCUT2D eigenvalue weighted by atomic mass is 35.5. The van der Waals surface area contributed by atoms with E-state index in [2.05, 4.69) is 0 Å². The van der Waals surface area contributed by atoms with Gasteiger partial charge in [-0.3, -0.25) is 4.79 Å². The third kappa shape index (κ3) is 4.36. The highest BCUT2D eigenvalue weighted by molar-refractivity contribution is 6.31. The van der Waals surface area contributed by atoms with Crippen LogP contribution in [0.3, 0.4) is 0 Å². The van der Waals surface area contributed by atoms with Crippen molar-refractivity contribution in [3.63, 3.8) is 0 Å². The lowest BCUT2D eigenvalue weighted by atomic mass is 10.2. The Morgan fingerprint density at radius 3 is 2.88 bits per heavy atom. The van der Waals surface area contributed by atoms with Crippen LogP contribution in [0.25, 0.3) is 6.08 Å². The van der Waals surface area contributed by atoms with Crippen LogP contribution in [0.1, 0.15) is 18.9 Å². The highest BCUT2D eigenvalue weighted by Gasteiger charge is 1.97. The van der Waals surface area contributed by atoms with E-state index in [4.69, 9.17) is 22.1 Å². The van der Waals surface area contributed by atoms with Gasteiger partial charge in [-0.2, -0.15) is 0 Å². The molecule has 4 heteroatoms. The van der Waals surface area contributed by atoms with Crippen LogP contribution in [0.2, 0.25) is 5.02 Å². The number of carbonyl (C=O) groups excluding carboxylic acids is 1. The summed E-state index contributed by atoms with van der Waals surface area (Å²) in [6, 6.07) is 5.23. The molecule has 1 aromatic rings. The number of hydrogen-bond donors (Lipinski definition) is 1. The minimum absolute atomic E-state index is 0.242. The molecule has 86 valence electrons. The van der Waals surface area contributed by atoms with Gasteiger partial charge in [-0.1, -0.05) is 23.8 Å². The summed E-state index contributed by atoms with van der Waals surface area (Å²) in [5.41, 5.74) is 7.10. The topological polar surface area (TPSA) is 52.3 Å². The first-order valence-electron chi connectivity index (χ1n) is 5.00. The molecule has 0 fully saturated rings. The fourth-order valence-corrected chi connectivity index (χ4v) is 1.50. The standard InChI is InChI=1S/C12H14ClNO2/c1-2-16-12(15)5-3-4-9-6-10(13)8-11(14)7-9/h3-4,6-8H,2,5,14H2,1H3. The molecular formula is C12H14ClNO2. The number of benzene rings is 1. The van der Waals surface area contributed by atoms with Gasteiger partial charge in [-0.25, -0.2) is 0 Å². The van der Waals surface area contributed by atoms with E-state index in [0.717, 1.165) is 5.56 Å². The van der Waals surface area contributed by atoms with Crippen LogP contribution < -0.4 is 5.73 Å². The average molecular weight is 240 g/mol. The zero-order valence-corrected chi connectivity index (χ0v) is 9.83. The summed E-state index contributed by atoms with van der Waals surface area (Å²) in [5, 5.41) is 0.579. The van der Waals surface area contributed by atoms with E-state index in [-0.39, 0.29) is 12.4 Å². The van der Waals surface area contributed by atoms with Crippen LogP contribution in [-0.2, 0) is 9.53 Å². The first-order chi connectivity index (χ1) is 7.61. The van der Waals surface area contributed by atoms with Gasteiger partial charge in [0.1, 0.15) is 0 Å². The van der Waals surface area contributed by atoms with Crippen molar-refractivity contribution in [2.75, 3.05) is 12.3 Å². The van der Waals surface area contributed by atoms with Crippen molar-refractivity contribution in [3.05, 3.63) is 34.9 Å². The van der Waals surface area contributed by atoms with E-state index < -0.39 is 0 Å². The van der Waals surface area contributed by atoms with Gasteiger partial charge in [0.15, 0.2) is 0 Å². The molecule has 0 saturated heterocycles. The van der Waals surface area contributed by atoms with Crippen molar-refractivity contribution < 1.29 is 9.53 Å². The summed E-state index contributed by atoms with van der Waals surface area (Å²) in [6.45, 7) is 2.18. The number of esters is 1. The van der Waals surface area contributed by atoms with E-state index in [0.29, 0.717) is 17.3 Å². The fourth-order valence-electron chi connectivity index (χ4n) is 1.24. The van der Waals surface area contributed by atoms with Gasteiger partial charge >= 0.3 is 5.97 Å². The van der Waals surface area contributed by atoms with Gasteiger partial charge in [0.25, 0.3) is 0 Å². The van der Waals surface area contributed by atoms with Crippen LogP contribution in [-0.4, -0.2) is 12.6 Å². The molecule has 0 heterocycles. The third-order valence-corrected chi connectivity index (χ3v) is 2.06. The highest BCUT2D eigenvalue weighted by Crippen LogP contribution is 2.17. The van der Waals surface area contributed by atoms with Gasteiger partial charge in [0, 0.05) is 10.7 Å². The lowest BCUT2D eigenvalue weighted by Crippen LogP contribution is -2.01. The van der Waals surface area contributed by atoms with Crippen LogP contribution in [0.5, 0.6) is 0 Å². The van der Waals surface area contributed by atoms with Gasteiger partial charge in [0.2, 0.25) is 0 Å². The van der Waals surface area contributed by atoms with Gasteiger partial charge in [-0.15, -0.1) is 0 Å². The quantitative estimate of drug-likeness (QED) is 0.649. The predicted molar refractivity (Wildman–Crippen MR) is 66.1 cm³/mol. The molecule has 0 atom stereocenters. The van der Waals surface area contributed by atoms with Gasteiger partial charge in [-0.05, 0) is 30.7 Å². The number of halogens is 1. The summed E-state index contributed by atoms with van der Waals surface area (Å²) in [6.07, 6.45) is 3.77. The van der Waals surface area contributed by atoms with Crippen molar-refractivity contribution in [3.8, 4) is 0 Å². The summed E-state index contributed by atoms with van der Waals surface area (Å²) in [7, 11) is 0. The Morgan fingerprint density at radius 2 is 2.25 bits per heavy atom. The number of ether oxygens (including phenoxy) is 1. The molecule has 1 rings (SSSR count). The van der Waals surface area contributed by atoms with Crippen molar-refractivity contribution >= 4 is 29.3 Å². The van der Waals surface area contributed by atoms with Gasteiger partial charge in [0.05, 0.1) is 13.0 Å². The zero-order chi connectivity index (χ0) is 12.0. The number of nitrogen functional groups attached to an aromatic ring is 1. The van der Waals surface area contributed by atoms with Crippen LogP contribution in [0.15, 0.2) is 24.3 Å². The molecule has 0 saturated carbocycles. The van der Waals surface area contributed by atoms with E-state index in [9.17, 15) is 4.79 Å². The average Bonchev–Trinajstić information content (AvgIpc) is 2.16. The summed E-state index contributed by atoms with van der Waals surface area (Å²) < 4.78 is 4.79. The minimum atomic E-state index is -0.242. The second-order valence-corrected chi connectivity index (χ2v) is 3.67. The second-order valence-electron chi connectivity index (χ2n) is 3.23. The molecule has 1 aromatic carbocycles. The maximum Gasteiger partial charge on any atom is 0.309 e. The lowest BCUT2D eigenvalue weighted by Gasteiger charge is -1.99. The van der Waals surface area contributed by atoms with Crippen molar-refractivity contribution in [2.24, 2.45) is 0 Å². The van der Waals surface area contributed by atoms with E-state index >= 15 is 0 Å². The molecule has 0 amide bonds. The molecule has 0 aliphatic heterocycles. The molecule has 3 nitrogen and oxygen atoms in total.